The molecule has 3 aromatic rings. The number of aromatic nitrogens is 2. The van der Waals surface area contributed by atoms with Crippen LogP contribution in [-0.4, -0.2) is 29.0 Å². The van der Waals surface area contributed by atoms with Crippen LogP contribution < -0.4 is 4.74 Å². The third-order valence-corrected chi connectivity index (χ3v) is 5.36. The molecule has 5 heteroatoms. The molecule has 0 bridgehead atoms. The molecule has 0 N–H and O–H groups in total. The highest BCUT2D eigenvalue weighted by Crippen LogP contribution is 2.30. The molecule has 0 atom stereocenters. The molecule has 0 spiro atoms. The summed E-state index contributed by atoms with van der Waals surface area (Å²) in [4.78, 5) is 14.1. The Kier molecular flexibility index (Phi) is 4.83. The van der Waals surface area contributed by atoms with E-state index in [4.69, 9.17) is 14.7 Å². The number of aryl methyl sites for hydroxylation is 3. The summed E-state index contributed by atoms with van der Waals surface area (Å²) in [7, 11) is 3.78. The molecule has 126 valence electrons. The van der Waals surface area contributed by atoms with Gasteiger partial charge in [0.15, 0.2) is 0 Å². The molecular weight excluding hydrogens is 318 g/mol. The molecule has 4 nitrogen and oxygen atoms in total. The van der Waals surface area contributed by atoms with E-state index in [1.54, 1.807) is 18.4 Å². The highest BCUT2D eigenvalue weighted by molar-refractivity contribution is 7.18. The first-order chi connectivity index (χ1) is 11.5. The smallest absolute Gasteiger partial charge is 0.144 e. The van der Waals surface area contributed by atoms with Gasteiger partial charge in [-0.05, 0) is 51.1 Å². The monoisotopic (exact) mass is 341 g/mol. The lowest BCUT2D eigenvalue weighted by molar-refractivity contribution is 0.310. The highest BCUT2D eigenvalue weighted by Gasteiger charge is 2.13. The third kappa shape index (κ3) is 3.42. The summed E-state index contributed by atoms with van der Waals surface area (Å²) in [5.41, 5.74) is 3.60. The lowest BCUT2D eigenvalue weighted by Gasteiger charge is -2.16. The molecule has 0 amide bonds. The second-order valence-corrected chi connectivity index (χ2v) is 7.42. The van der Waals surface area contributed by atoms with Crippen LogP contribution >= 0.6 is 11.3 Å². The number of rotatable bonds is 5. The lowest BCUT2D eigenvalue weighted by atomic mass is 10.2. The molecule has 2 aromatic heterocycles. The van der Waals surface area contributed by atoms with Gasteiger partial charge in [-0.1, -0.05) is 12.1 Å². The van der Waals surface area contributed by atoms with Gasteiger partial charge in [0.05, 0.1) is 19.3 Å². The SMILES string of the molecule is COc1cccc(CN(C)Cc2nc(C)c3c(C)c(C)sc3n2)c1. The van der Waals surface area contributed by atoms with Crippen molar-refractivity contribution in [2.45, 2.75) is 33.9 Å². The average molecular weight is 341 g/mol. The fourth-order valence-electron chi connectivity index (χ4n) is 2.96. The van der Waals surface area contributed by atoms with Gasteiger partial charge < -0.3 is 4.74 Å². The second-order valence-electron chi connectivity index (χ2n) is 6.21. The van der Waals surface area contributed by atoms with Gasteiger partial charge in [0.25, 0.3) is 0 Å². The van der Waals surface area contributed by atoms with Gasteiger partial charge in [-0.25, -0.2) is 9.97 Å². The Bertz CT molecular complexity index is 872. The Morgan fingerprint density at radius 2 is 1.92 bits per heavy atom. The van der Waals surface area contributed by atoms with E-state index in [0.717, 1.165) is 35.2 Å². The topological polar surface area (TPSA) is 38.2 Å². The molecule has 0 fully saturated rings. The molecule has 0 unspecified atom stereocenters. The Morgan fingerprint density at radius 1 is 1.12 bits per heavy atom. The van der Waals surface area contributed by atoms with E-state index in [9.17, 15) is 0 Å². The van der Waals surface area contributed by atoms with Crippen LogP contribution in [0.25, 0.3) is 10.2 Å². The molecule has 3 rings (SSSR count). The van der Waals surface area contributed by atoms with Gasteiger partial charge in [-0.3, -0.25) is 4.90 Å². The molecule has 2 heterocycles. The summed E-state index contributed by atoms with van der Waals surface area (Å²) >= 11 is 1.76. The predicted octanol–water partition coefficient (Wildman–Crippen LogP) is 4.26. The fourth-order valence-corrected chi connectivity index (χ4v) is 4.06. The van der Waals surface area contributed by atoms with Crippen molar-refractivity contribution >= 4 is 21.6 Å². The van der Waals surface area contributed by atoms with Crippen LogP contribution in [0.1, 0.15) is 27.5 Å². The van der Waals surface area contributed by atoms with E-state index in [2.05, 4.69) is 44.9 Å². The van der Waals surface area contributed by atoms with Crippen molar-refractivity contribution in [2.75, 3.05) is 14.2 Å². The number of methoxy groups -OCH3 is 1. The number of ether oxygens (including phenoxy) is 1. The minimum absolute atomic E-state index is 0.726. The Hall–Kier alpha value is -1.98. The number of fused-ring (bicyclic) bond motifs is 1. The van der Waals surface area contributed by atoms with Gasteiger partial charge in [-0.2, -0.15) is 0 Å². The number of benzene rings is 1. The summed E-state index contributed by atoms with van der Waals surface area (Å²) in [5.74, 6) is 1.77. The summed E-state index contributed by atoms with van der Waals surface area (Å²) in [6.45, 7) is 7.94. The normalized spacial score (nSPS) is 11.4. The zero-order valence-corrected chi connectivity index (χ0v) is 15.7. The summed E-state index contributed by atoms with van der Waals surface area (Å²) in [6, 6.07) is 8.16. The highest BCUT2D eigenvalue weighted by atomic mass is 32.1. The summed E-state index contributed by atoms with van der Waals surface area (Å²) in [5, 5.41) is 1.22. The van der Waals surface area contributed by atoms with Crippen molar-refractivity contribution < 1.29 is 4.74 Å². The number of hydrogen-bond donors (Lipinski definition) is 0. The zero-order chi connectivity index (χ0) is 17.3. The van der Waals surface area contributed by atoms with Gasteiger partial charge >= 0.3 is 0 Å². The summed E-state index contributed by atoms with van der Waals surface area (Å²) < 4.78 is 5.29. The standard InChI is InChI=1S/C19H23N3OS/c1-12-14(3)24-19-18(12)13(2)20-17(21-19)11-22(4)10-15-7-6-8-16(9-15)23-5/h6-9H,10-11H2,1-5H3. The van der Waals surface area contributed by atoms with E-state index in [1.807, 2.05) is 12.1 Å². The first kappa shape index (κ1) is 16.9. The van der Waals surface area contributed by atoms with E-state index >= 15 is 0 Å². The maximum atomic E-state index is 5.29. The maximum Gasteiger partial charge on any atom is 0.144 e. The number of thiophene rings is 1. The van der Waals surface area contributed by atoms with E-state index < -0.39 is 0 Å². The van der Waals surface area contributed by atoms with Gasteiger partial charge in [0.1, 0.15) is 16.4 Å². The quantitative estimate of drug-likeness (QED) is 0.695. The predicted molar refractivity (Wildman–Crippen MR) is 99.8 cm³/mol. The molecule has 0 aliphatic carbocycles. The number of hydrogen-bond acceptors (Lipinski definition) is 5. The van der Waals surface area contributed by atoms with Crippen LogP contribution in [0.4, 0.5) is 0 Å². The first-order valence-electron chi connectivity index (χ1n) is 8.02. The van der Waals surface area contributed by atoms with Crippen LogP contribution in [0.15, 0.2) is 24.3 Å². The molecule has 0 radical (unpaired) electrons. The largest absolute Gasteiger partial charge is 0.497 e. The molecule has 1 aromatic carbocycles. The van der Waals surface area contributed by atoms with Crippen LogP contribution in [0.5, 0.6) is 5.75 Å². The summed E-state index contributed by atoms with van der Waals surface area (Å²) in [6.07, 6.45) is 0. The zero-order valence-electron chi connectivity index (χ0n) is 14.9. The van der Waals surface area contributed by atoms with E-state index in [-0.39, 0.29) is 0 Å². The Labute approximate surface area is 147 Å². The molecule has 0 aliphatic heterocycles. The van der Waals surface area contributed by atoms with Gasteiger partial charge in [-0.15, -0.1) is 11.3 Å². The molecule has 0 saturated heterocycles. The Balaban J connectivity index is 1.78. The van der Waals surface area contributed by atoms with E-state index in [1.165, 1.54) is 21.4 Å². The second kappa shape index (κ2) is 6.87. The van der Waals surface area contributed by atoms with Gasteiger partial charge in [0.2, 0.25) is 0 Å². The van der Waals surface area contributed by atoms with Crippen molar-refractivity contribution in [3.05, 3.63) is 51.8 Å². The molecule has 24 heavy (non-hydrogen) atoms. The number of nitrogens with zero attached hydrogens (tertiary/aromatic N) is 3. The minimum atomic E-state index is 0.726. The van der Waals surface area contributed by atoms with Crippen LogP contribution in [0.3, 0.4) is 0 Å². The van der Waals surface area contributed by atoms with Crippen molar-refractivity contribution in [3.8, 4) is 5.75 Å². The minimum Gasteiger partial charge on any atom is -0.497 e. The maximum absolute atomic E-state index is 5.29. The van der Waals surface area contributed by atoms with Crippen LogP contribution in [-0.2, 0) is 13.1 Å². The Morgan fingerprint density at radius 3 is 2.67 bits per heavy atom. The first-order valence-corrected chi connectivity index (χ1v) is 8.84. The van der Waals surface area contributed by atoms with Crippen molar-refractivity contribution in [3.63, 3.8) is 0 Å². The van der Waals surface area contributed by atoms with E-state index in [0.29, 0.717) is 0 Å². The van der Waals surface area contributed by atoms with Crippen LogP contribution in [0, 0.1) is 20.8 Å². The van der Waals surface area contributed by atoms with Crippen LogP contribution in [0.2, 0.25) is 0 Å². The lowest BCUT2D eigenvalue weighted by Crippen LogP contribution is -2.19. The molecule has 0 saturated carbocycles. The molecular formula is C19H23N3OS. The van der Waals surface area contributed by atoms with Crippen molar-refractivity contribution in [1.82, 2.24) is 14.9 Å². The van der Waals surface area contributed by atoms with Gasteiger partial charge in [0, 0.05) is 16.8 Å². The van der Waals surface area contributed by atoms with Crippen molar-refractivity contribution in [2.24, 2.45) is 0 Å². The third-order valence-electron chi connectivity index (χ3n) is 4.25. The fraction of sp³-hybridized carbons (Fsp3) is 0.368. The molecule has 0 aliphatic rings. The van der Waals surface area contributed by atoms with Crippen molar-refractivity contribution in [1.29, 1.82) is 0 Å². The average Bonchev–Trinajstić information content (AvgIpc) is 2.82.